The molecule has 2 amide bonds. The molecule has 0 bridgehead atoms. The first-order valence-corrected chi connectivity index (χ1v) is 6.63. The Kier molecular flexibility index (Phi) is 3.61. The zero-order chi connectivity index (χ0) is 14.9. The van der Waals surface area contributed by atoms with E-state index in [4.69, 9.17) is 0 Å². The van der Waals surface area contributed by atoms with Gasteiger partial charge in [-0.3, -0.25) is 9.59 Å². The van der Waals surface area contributed by atoms with Crippen molar-refractivity contribution in [3.05, 3.63) is 35.4 Å². The van der Waals surface area contributed by atoms with Crippen LogP contribution < -0.4 is 10.6 Å². The fourth-order valence-corrected chi connectivity index (χ4v) is 2.09. The molecule has 1 atom stereocenters. The van der Waals surface area contributed by atoms with E-state index in [1.807, 2.05) is 26.8 Å². The van der Waals surface area contributed by atoms with Gasteiger partial charge in [0.15, 0.2) is 0 Å². The second-order valence-corrected chi connectivity index (χ2v) is 5.37. The second-order valence-electron chi connectivity index (χ2n) is 5.37. The van der Waals surface area contributed by atoms with Crippen molar-refractivity contribution in [1.29, 1.82) is 0 Å². The van der Waals surface area contributed by atoms with Crippen molar-refractivity contribution in [3.8, 4) is 0 Å². The molecule has 1 aromatic carbocycles. The molecule has 0 aromatic heterocycles. The van der Waals surface area contributed by atoms with Crippen LogP contribution in [0.15, 0.2) is 29.3 Å². The molecule has 1 unspecified atom stereocenters. The monoisotopic (exact) mass is 273 g/mol. The summed E-state index contributed by atoms with van der Waals surface area (Å²) in [5, 5.41) is 5.77. The highest BCUT2D eigenvalue weighted by atomic mass is 16.2. The lowest BCUT2D eigenvalue weighted by Crippen LogP contribution is -2.50. The average molecular weight is 273 g/mol. The lowest BCUT2D eigenvalue weighted by Gasteiger charge is -2.27. The van der Waals surface area contributed by atoms with Gasteiger partial charge in [0.1, 0.15) is 11.4 Å². The van der Waals surface area contributed by atoms with E-state index >= 15 is 0 Å². The highest BCUT2D eigenvalue weighted by Crippen LogP contribution is 2.25. The normalized spacial score (nSPS) is 21.6. The van der Waals surface area contributed by atoms with E-state index in [-0.39, 0.29) is 17.7 Å². The molecule has 0 saturated carbocycles. The van der Waals surface area contributed by atoms with E-state index in [0.717, 1.165) is 0 Å². The number of hydrogen-bond acceptors (Lipinski definition) is 3. The molecular formula is C15H19N3O2. The van der Waals surface area contributed by atoms with Crippen molar-refractivity contribution in [3.63, 3.8) is 0 Å². The van der Waals surface area contributed by atoms with Gasteiger partial charge in [-0.05, 0) is 18.9 Å². The highest BCUT2D eigenvalue weighted by molar-refractivity contribution is 6.17. The Bertz CT molecular complexity index is 593. The summed E-state index contributed by atoms with van der Waals surface area (Å²) in [5.74, 6) is 0.165. The molecule has 2 rings (SSSR count). The third-order valence-corrected chi connectivity index (χ3v) is 3.84. The molecule has 2 N–H and O–H groups in total. The summed E-state index contributed by atoms with van der Waals surface area (Å²) in [6, 6.07) is 7.11. The average Bonchev–Trinajstić information content (AvgIpc) is 2.75. The van der Waals surface area contributed by atoms with E-state index in [9.17, 15) is 9.59 Å². The van der Waals surface area contributed by atoms with Crippen LogP contribution in [0.3, 0.4) is 0 Å². The first-order chi connectivity index (χ1) is 9.40. The fourth-order valence-electron chi connectivity index (χ4n) is 2.09. The van der Waals surface area contributed by atoms with Gasteiger partial charge in [0.2, 0.25) is 0 Å². The highest BCUT2D eigenvalue weighted by Gasteiger charge is 2.42. The minimum absolute atomic E-state index is 0.100. The van der Waals surface area contributed by atoms with Gasteiger partial charge in [0.25, 0.3) is 11.8 Å². The third kappa shape index (κ3) is 2.19. The lowest BCUT2D eigenvalue weighted by molar-refractivity contribution is -0.123. The Morgan fingerprint density at radius 3 is 2.55 bits per heavy atom. The number of carbonyl (C=O) groups is 2. The first kappa shape index (κ1) is 14.2. The molecule has 1 aliphatic heterocycles. The van der Waals surface area contributed by atoms with Crippen LogP contribution in [0, 0.1) is 5.92 Å². The summed E-state index contributed by atoms with van der Waals surface area (Å²) in [7, 11) is 1.58. The molecule has 106 valence electrons. The van der Waals surface area contributed by atoms with Crippen LogP contribution in [0.1, 0.15) is 36.7 Å². The molecule has 1 aliphatic rings. The van der Waals surface area contributed by atoms with E-state index < -0.39 is 5.54 Å². The Morgan fingerprint density at radius 1 is 1.35 bits per heavy atom. The van der Waals surface area contributed by atoms with Crippen LogP contribution in [0.25, 0.3) is 0 Å². The molecule has 1 heterocycles. The topological polar surface area (TPSA) is 70.6 Å². The predicted molar refractivity (Wildman–Crippen MR) is 77.8 cm³/mol. The van der Waals surface area contributed by atoms with Gasteiger partial charge in [0, 0.05) is 12.6 Å². The van der Waals surface area contributed by atoms with Crippen LogP contribution in [0.2, 0.25) is 0 Å². The van der Waals surface area contributed by atoms with Gasteiger partial charge in [-0.2, -0.15) is 4.99 Å². The summed E-state index contributed by atoms with van der Waals surface area (Å²) in [6.07, 6.45) is 0. The van der Waals surface area contributed by atoms with Gasteiger partial charge >= 0.3 is 0 Å². The SMILES string of the molecule is CNC(=O)c1ccccc1C1=NC(=O)C(C)(C(C)C)N1. The van der Waals surface area contributed by atoms with Crippen molar-refractivity contribution >= 4 is 17.6 Å². The van der Waals surface area contributed by atoms with Crippen LogP contribution in [-0.2, 0) is 4.79 Å². The van der Waals surface area contributed by atoms with Crippen molar-refractivity contribution in [2.24, 2.45) is 10.9 Å². The van der Waals surface area contributed by atoms with E-state index in [1.54, 1.807) is 25.2 Å². The van der Waals surface area contributed by atoms with Crippen LogP contribution in [0.4, 0.5) is 0 Å². The molecule has 0 saturated heterocycles. The van der Waals surface area contributed by atoms with Crippen molar-refractivity contribution in [2.75, 3.05) is 7.05 Å². The number of nitrogens with zero attached hydrogens (tertiary/aromatic N) is 1. The fraction of sp³-hybridized carbons (Fsp3) is 0.400. The maximum absolute atomic E-state index is 12.1. The van der Waals surface area contributed by atoms with Gasteiger partial charge < -0.3 is 10.6 Å². The maximum Gasteiger partial charge on any atom is 0.273 e. The number of hydrogen-bond donors (Lipinski definition) is 2. The molecule has 0 spiro atoms. The van der Waals surface area contributed by atoms with Gasteiger partial charge in [-0.1, -0.05) is 32.0 Å². The minimum Gasteiger partial charge on any atom is -0.355 e. The lowest BCUT2D eigenvalue weighted by atomic mass is 9.88. The van der Waals surface area contributed by atoms with Gasteiger partial charge in [-0.15, -0.1) is 0 Å². The summed E-state index contributed by atoms with van der Waals surface area (Å²) >= 11 is 0. The molecule has 1 aromatic rings. The number of carbonyl (C=O) groups excluding carboxylic acids is 2. The van der Waals surface area contributed by atoms with Crippen molar-refractivity contribution < 1.29 is 9.59 Å². The van der Waals surface area contributed by atoms with Crippen molar-refractivity contribution in [2.45, 2.75) is 26.3 Å². The van der Waals surface area contributed by atoms with E-state index in [2.05, 4.69) is 15.6 Å². The maximum atomic E-state index is 12.1. The number of amides is 2. The summed E-state index contributed by atoms with van der Waals surface area (Å²) in [4.78, 5) is 28.1. The summed E-state index contributed by atoms with van der Waals surface area (Å²) in [5.41, 5.74) is 0.428. The number of nitrogens with one attached hydrogen (secondary N) is 2. The number of aliphatic imine (C=N–C) groups is 1. The molecule has 0 fully saturated rings. The second kappa shape index (κ2) is 5.07. The molecular weight excluding hydrogens is 254 g/mol. The van der Waals surface area contributed by atoms with E-state index in [0.29, 0.717) is 17.0 Å². The van der Waals surface area contributed by atoms with Gasteiger partial charge in [-0.25, -0.2) is 0 Å². The minimum atomic E-state index is -0.717. The van der Waals surface area contributed by atoms with Crippen LogP contribution in [0.5, 0.6) is 0 Å². The first-order valence-electron chi connectivity index (χ1n) is 6.63. The van der Waals surface area contributed by atoms with E-state index in [1.165, 1.54) is 0 Å². The zero-order valence-corrected chi connectivity index (χ0v) is 12.2. The molecule has 0 radical (unpaired) electrons. The summed E-state index contributed by atoms with van der Waals surface area (Å²) < 4.78 is 0. The standard InChI is InChI=1S/C15H19N3O2/c1-9(2)15(3)14(20)17-12(18-15)10-7-5-6-8-11(10)13(19)16-4/h5-9H,1-4H3,(H,16,19)(H,17,18,20). The molecule has 0 aliphatic carbocycles. The zero-order valence-electron chi connectivity index (χ0n) is 12.2. The molecule has 20 heavy (non-hydrogen) atoms. The van der Waals surface area contributed by atoms with Crippen molar-refractivity contribution in [1.82, 2.24) is 10.6 Å². The molecule has 5 nitrogen and oxygen atoms in total. The Balaban J connectivity index is 2.43. The number of amidine groups is 1. The van der Waals surface area contributed by atoms with Crippen LogP contribution >= 0.6 is 0 Å². The number of benzene rings is 1. The Morgan fingerprint density at radius 2 is 2.00 bits per heavy atom. The largest absolute Gasteiger partial charge is 0.355 e. The Hall–Kier alpha value is -2.17. The number of rotatable bonds is 3. The third-order valence-electron chi connectivity index (χ3n) is 3.84. The smallest absolute Gasteiger partial charge is 0.273 e. The summed E-state index contributed by atoms with van der Waals surface area (Å²) in [6.45, 7) is 5.76. The predicted octanol–water partition coefficient (Wildman–Crippen LogP) is 1.34. The molecule has 5 heteroatoms. The van der Waals surface area contributed by atoms with Gasteiger partial charge in [0.05, 0.1) is 5.56 Å². The van der Waals surface area contributed by atoms with Crippen LogP contribution in [-0.4, -0.2) is 30.2 Å². The Labute approximate surface area is 118 Å². The quantitative estimate of drug-likeness (QED) is 0.873.